The van der Waals surface area contributed by atoms with Crippen molar-refractivity contribution in [3.8, 4) is 0 Å². The van der Waals surface area contributed by atoms with Crippen LogP contribution in [0.25, 0.3) is 0 Å². The summed E-state index contributed by atoms with van der Waals surface area (Å²) in [6, 6.07) is 0. The lowest BCUT2D eigenvalue weighted by atomic mass is 9.39. The van der Waals surface area contributed by atoms with E-state index in [9.17, 15) is 62.3 Å². The van der Waals surface area contributed by atoms with Crippen molar-refractivity contribution in [3.05, 3.63) is 25.3 Å². The average Bonchev–Trinajstić information content (AvgIpc) is 3.06. The maximum Gasteiger partial charge on any atom is 0.453 e. The van der Waals surface area contributed by atoms with Crippen molar-refractivity contribution in [3.63, 3.8) is 0 Å². The minimum Gasteiger partial charge on any atom is -0.460 e. The Labute approximate surface area is 326 Å². The van der Waals surface area contributed by atoms with E-state index in [2.05, 4.69) is 32.1 Å². The zero-order chi connectivity index (χ0) is 49.0. The lowest BCUT2D eigenvalue weighted by molar-refractivity contribution is -0.634. The van der Waals surface area contributed by atoms with Crippen molar-refractivity contribution in [2.45, 2.75) is 133 Å². The van der Waals surface area contributed by atoms with Gasteiger partial charge < -0.3 is 18.9 Å². The Hall–Kier alpha value is -3.48. The van der Waals surface area contributed by atoms with E-state index in [4.69, 9.17) is 0 Å². The van der Waals surface area contributed by atoms with Gasteiger partial charge in [-0.05, 0) is 6.42 Å². The lowest BCUT2D eigenvalue weighted by Crippen LogP contribution is -3.11. The Balaban J connectivity index is 2.52. The van der Waals surface area contributed by atoms with Crippen molar-refractivity contribution >= 4 is 11.9 Å². The first-order chi connectivity index (χ1) is 27.2. The second-order valence-corrected chi connectivity index (χ2v) is 13.9. The van der Waals surface area contributed by atoms with Crippen molar-refractivity contribution in [1.29, 1.82) is 0 Å². The molecule has 4 rings (SSSR count). The molecule has 0 amide bonds. The molecule has 4 atom stereocenters. The lowest BCUT2D eigenvalue weighted by Gasteiger charge is -2.76. The van der Waals surface area contributed by atoms with Gasteiger partial charge in [-0.25, -0.2) is 35.9 Å². The van der Waals surface area contributed by atoms with Crippen LogP contribution in [0.3, 0.4) is 0 Å². The summed E-state index contributed by atoms with van der Waals surface area (Å²) in [5, 5.41) is 0. The summed E-state index contributed by atoms with van der Waals surface area (Å²) < 4.78 is 403. The molecular weight excluding hydrogens is 950 g/mol. The Morgan fingerprint density at radius 3 is 1.19 bits per heavy atom. The Morgan fingerprint density at radius 2 is 0.855 bits per heavy atom. The molecule has 4 aliphatic carbocycles. The first kappa shape index (κ1) is 52.9. The molecule has 62 heavy (non-hydrogen) atoms. The highest BCUT2D eigenvalue weighted by atomic mass is 19.4. The zero-order valence-electron chi connectivity index (χ0n) is 29.4. The van der Waals surface area contributed by atoms with Gasteiger partial charge in [0.2, 0.25) is 0 Å². The third kappa shape index (κ3) is 6.76. The first-order valence-electron chi connectivity index (χ1n) is 16.1. The smallest absolute Gasteiger partial charge is 0.453 e. The highest BCUT2D eigenvalue weighted by Crippen LogP contribution is 2.89. The van der Waals surface area contributed by atoms with Crippen molar-refractivity contribution in [2.75, 3.05) is 13.2 Å². The van der Waals surface area contributed by atoms with Crippen LogP contribution >= 0.6 is 0 Å². The fraction of sp³-hybridized carbons (Fsp3) is 0.800. The molecule has 0 saturated heterocycles. The van der Waals surface area contributed by atoms with Gasteiger partial charge >= 0.3 is 77.1 Å². The second-order valence-electron chi connectivity index (χ2n) is 13.9. The SMILES string of the molecule is C=CC(=O)OCC(CCC(F)(F)CC(F)(F)F)OC12C(F)(F)C3(F)C(F)(F)C(F)(C1(F)F)C(F)(F)C(OC(COC(=O)C=C)CC(F)(F)CC(F)(F)C(F)(F)F)(C3(F)F)C2(F)F. The van der Waals surface area contributed by atoms with Crippen LogP contribution < -0.4 is 0 Å². The van der Waals surface area contributed by atoms with Crippen LogP contribution in [-0.4, -0.2) is 126 Å². The quantitative estimate of drug-likeness (QED) is 0.0775. The van der Waals surface area contributed by atoms with Crippen LogP contribution in [0.2, 0.25) is 0 Å². The van der Waals surface area contributed by atoms with Crippen LogP contribution in [0.4, 0.5) is 114 Å². The van der Waals surface area contributed by atoms with Gasteiger partial charge in [-0.1, -0.05) is 13.2 Å². The van der Waals surface area contributed by atoms with Crippen LogP contribution in [0.15, 0.2) is 25.3 Å². The molecule has 360 valence electrons. The third-order valence-electron chi connectivity index (χ3n) is 9.80. The Kier molecular flexibility index (Phi) is 12.6. The van der Waals surface area contributed by atoms with Gasteiger partial charge in [-0.3, -0.25) is 0 Å². The molecule has 0 N–H and O–H groups in total. The van der Waals surface area contributed by atoms with Crippen LogP contribution in [0.5, 0.6) is 0 Å². The fourth-order valence-electron chi connectivity index (χ4n) is 7.13. The summed E-state index contributed by atoms with van der Waals surface area (Å²) >= 11 is 0. The number of rotatable bonds is 18. The number of hydrogen-bond donors (Lipinski definition) is 0. The van der Waals surface area contributed by atoms with Crippen LogP contribution in [-0.2, 0) is 28.5 Å². The summed E-state index contributed by atoms with van der Waals surface area (Å²) in [7, 11) is 0. The number of halogens is 26. The van der Waals surface area contributed by atoms with Gasteiger partial charge in [0.05, 0.1) is 18.6 Å². The second kappa shape index (κ2) is 14.8. The highest BCUT2D eigenvalue weighted by Gasteiger charge is 3.23. The van der Waals surface area contributed by atoms with Gasteiger partial charge in [0.15, 0.2) is 0 Å². The summed E-state index contributed by atoms with van der Waals surface area (Å²) in [5.41, 5.74) is -32.9. The average molecular weight is 972 g/mol. The van der Waals surface area contributed by atoms with Gasteiger partial charge in [0, 0.05) is 25.0 Å². The first-order valence-corrected chi connectivity index (χ1v) is 16.1. The van der Waals surface area contributed by atoms with E-state index in [1.807, 2.05) is 0 Å². The van der Waals surface area contributed by atoms with Gasteiger partial charge in [0.25, 0.3) is 23.0 Å². The monoisotopic (exact) mass is 972 g/mol. The Morgan fingerprint density at radius 1 is 0.500 bits per heavy atom. The summed E-state index contributed by atoms with van der Waals surface area (Å²) in [5.74, 6) is -73.4. The van der Waals surface area contributed by atoms with Crippen molar-refractivity contribution in [2.24, 2.45) is 0 Å². The van der Waals surface area contributed by atoms with Gasteiger partial charge in [-0.2, -0.15) is 87.8 Å². The van der Waals surface area contributed by atoms with E-state index in [-0.39, 0.29) is 12.2 Å². The molecular formula is C30H22F26O6. The Bertz CT molecular complexity index is 1710. The molecule has 0 aromatic carbocycles. The number of carbonyl (C=O) groups is 2. The molecule has 6 nitrogen and oxygen atoms in total. The minimum atomic E-state index is -8.52. The molecule has 0 radical (unpaired) electrons. The molecule has 0 heterocycles. The van der Waals surface area contributed by atoms with Crippen molar-refractivity contribution < 1.29 is 143 Å². The molecule has 4 bridgehead atoms. The summed E-state index contributed by atoms with van der Waals surface area (Å²) in [4.78, 5) is 23.1. The van der Waals surface area contributed by atoms with E-state index < -0.39 is 158 Å². The normalized spacial score (nSPS) is 31.5. The number of ether oxygens (including phenoxy) is 4. The maximum absolute atomic E-state index is 16.9. The standard InChI is InChI=1S/C30H22F26O6/c1-3-14(57)59-8-12(5-6-16(31,32)11-19(37,38)39)61-22-25(44,45)20(40)24(42,43)21(41,26(22,46)47)28(50,51)23(27(20,48)49,29(22,52)53)62-13(9-60-15(58)4-2)7-17(33,34)10-18(35,36)30(54,55)56/h3-4,12-13H,1-2,5-11H2. The molecule has 4 aliphatic rings. The van der Waals surface area contributed by atoms with E-state index in [0.29, 0.717) is 0 Å². The molecule has 32 heteroatoms. The van der Waals surface area contributed by atoms with Crippen molar-refractivity contribution in [1.82, 2.24) is 0 Å². The number of alkyl halides is 26. The van der Waals surface area contributed by atoms with E-state index in [1.165, 1.54) is 0 Å². The largest absolute Gasteiger partial charge is 0.460 e. The third-order valence-corrected chi connectivity index (χ3v) is 9.80. The molecule has 0 aliphatic heterocycles. The number of carbonyl (C=O) groups excluding carboxylic acids is 2. The molecule has 4 fully saturated rings. The molecule has 4 saturated carbocycles. The van der Waals surface area contributed by atoms with Crippen LogP contribution in [0.1, 0.15) is 32.1 Å². The van der Waals surface area contributed by atoms with E-state index >= 15 is 61.5 Å². The summed E-state index contributed by atoms with van der Waals surface area (Å²) in [6.45, 7) is -0.220. The molecule has 4 unspecified atom stereocenters. The van der Waals surface area contributed by atoms with Gasteiger partial charge in [0.1, 0.15) is 19.6 Å². The fourth-order valence-corrected chi connectivity index (χ4v) is 7.13. The predicted octanol–water partition coefficient (Wildman–Crippen LogP) is 9.94. The number of esters is 2. The summed E-state index contributed by atoms with van der Waals surface area (Å²) in [6.07, 6.45) is -38.2. The van der Waals surface area contributed by atoms with E-state index in [1.54, 1.807) is 0 Å². The van der Waals surface area contributed by atoms with Gasteiger partial charge in [-0.15, -0.1) is 0 Å². The zero-order valence-corrected chi connectivity index (χ0v) is 29.4. The highest BCUT2D eigenvalue weighted by molar-refractivity contribution is 5.81. The number of hydrogen-bond acceptors (Lipinski definition) is 6. The minimum absolute atomic E-state index is 0.0743. The molecule has 0 spiro atoms. The topological polar surface area (TPSA) is 71.1 Å². The van der Waals surface area contributed by atoms with Crippen LogP contribution in [0, 0.1) is 0 Å². The molecule has 0 aromatic rings. The van der Waals surface area contributed by atoms with E-state index in [0.717, 1.165) is 0 Å². The molecule has 0 aromatic heterocycles. The maximum atomic E-state index is 16.9. The predicted molar refractivity (Wildman–Crippen MR) is 145 cm³/mol.